The number of nitrogens with zero attached hydrogens (tertiary/aromatic N) is 6. The van der Waals surface area contributed by atoms with Gasteiger partial charge in [0.05, 0.1) is 12.2 Å². The van der Waals surface area contributed by atoms with Gasteiger partial charge in [-0.15, -0.1) is 11.3 Å². The molecule has 3 aromatic heterocycles. The lowest BCUT2D eigenvalue weighted by atomic mass is 10.3. The number of thiophene rings is 1. The molecule has 0 radical (unpaired) electrons. The Hall–Kier alpha value is -2.83. The van der Waals surface area contributed by atoms with Crippen molar-refractivity contribution in [3.63, 3.8) is 0 Å². The molecule has 4 heterocycles. The topological polar surface area (TPSA) is 113 Å². The minimum atomic E-state index is -3.57. The molecule has 0 saturated carbocycles. The van der Waals surface area contributed by atoms with Crippen LogP contribution >= 0.6 is 11.3 Å². The van der Waals surface area contributed by atoms with E-state index in [2.05, 4.69) is 20.4 Å². The van der Waals surface area contributed by atoms with Crippen molar-refractivity contribution in [3.05, 3.63) is 47.4 Å². The fraction of sp³-hybridized carbons (Fsp3) is 0.368. The molecule has 0 bridgehead atoms. The highest BCUT2D eigenvalue weighted by molar-refractivity contribution is 7.91. The van der Waals surface area contributed by atoms with Gasteiger partial charge in [0, 0.05) is 50.2 Å². The quantitative estimate of drug-likeness (QED) is 0.586. The first-order chi connectivity index (χ1) is 14.8. The third-order valence-electron chi connectivity index (χ3n) is 4.90. The molecule has 0 aliphatic carbocycles. The number of aryl methyl sites for hydroxylation is 1. The summed E-state index contributed by atoms with van der Waals surface area (Å²) in [6, 6.07) is 7.09. The molecule has 1 amide bonds. The lowest BCUT2D eigenvalue weighted by Crippen LogP contribution is -2.48. The molecule has 12 heteroatoms. The van der Waals surface area contributed by atoms with Crippen LogP contribution < -0.4 is 10.2 Å². The molecule has 0 atom stereocenters. The van der Waals surface area contributed by atoms with Crippen LogP contribution in [0.5, 0.6) is 0 Å². The molecule has 1 aliphatic heterocycles. The monoisotopic (exact) mass is 461 g/mol. The molecule has 4 rings (SSSR count). The van der Waals surface area contributed by atoms with E-state index >= 15 is 0 Å². The number of amides is 1. The average Bonchev–Trinajstić information content (AvgIpc) is 3.42. The van der Waals surface area contributed by atoms with Crippen LogP contribution in [0.15, 0.2) is 41.0 Å². The highest BCUT2D eigenvalue weighted by atomic mass is 32.2. The first kappa shape index (κ1) is 21.4. The smallest absolute Gasteiger partial charge is 0.252 e. The molecular formula is C19H23N7O3S2. The van der Waals surface area contributed by atoms with Crippen molar-refractivity contribution in [2.75, 3.05) is 31.1 Å². The van der Waals surface area contributed by atoms with Gasteiger partial charge in [0.25, 0.3) is 10.0 Å². The van der Waals surface area contributed by atoms with Crippen molar-refractivity contribution in [1.29, 1.82) is 0 Å². The highest BCUT2D eigenvalue weighted by Gasteiger charge is 2.30. The molecule has 1 aliphatic rings. The van der Waals surface area contributed by atoms with Crippen LogP contribution in [-0.4, -0.2) is 64.6 Å². The standard InChI is InChI=1S/C19H23N7O3S2/c1-14-5-6-26(23-14)18-11-17(21-13-22-18)24-7-9-25(10-8-24)31(28,29)19-4-3-16(30-19)12-20-15(2)27/h3-6,11,13H,7-10,12H2,1-2H3,(H,20,27). The predicted octanol–water partition coefficient (Wildman–Crippen LogP) is 1.18. The summed E-state index contributed by atoms with van der Waals surface area (Å²) in [6.07, 6.45) is 3.33. The Balaban J connectivity index is 1.42. The Morgan fingerprint density at radius 3 is 2.55 bits per heavy atom. The van der Waals surface area contributed by atoms with E-state index in [0.29, 0.717) is 42.8 Å². The van der Waals surface area contributed by atoms with Crippen LogP contribution in [0.4, 0.5) is 5.82 Å². The van der Waals surface area contributed by atoms with Gasteiger partial charge in [-0.05, 0) is 25.1 Å². The number of rotatable bonds is 6. The normalized spacial score (nSPS) is 15.2. The molecule has 0 spiro atoms. The van der Waals surface area contributed by atoms with E-state index in [1.807, 2.05) is 30.2 Å². The second-order valence-electron chi connectivity index (χ2n) is 7.16. The van der Waals surface area contributed by atoms with Crippen LogP contribution in [0.2, 0.25) is 0 Å². The number of piperazine rings is 1. The molecule has 31 heavy (non-hydrogen) atoms. The van der Waals surface area contributed by atoms with E-state index in [1.165, 1.54) is 28.9 Å². The van der Waals surface area contributed by atoms with E-state index in [9.17, 15) is 13.2 Å². The Morgan fingerprint density at radius 2 is 1.87 bits per heavy atom. The van der Waals surface area contributed by atoms with E-state index in [0.717, 1.165) is 16.4 Å². The zero-order valence-corrected chi connectivity index (χ0v) is 18.9. The number of hydrogen-bond acceptors (Lipinski definition) is 8. The molecule has 10 nitrogen and oxygen atoms in total. The first-order valence-electron chi connectivity index (χ1n) is 9.76. The van der Waals surface area contributed by atoms with Gasteiger partial charge in [-0.1, -0.05) is 0 Å². The number of carbonyl (C=O) groups is 1. The van der Waals surface area contributed by atoms with Gasteiger partial charge >= 0.3 is 0 Å². The average molecular weight is 462 g/mol. The van der Waals surface area contributed by atoms with Gasteiger partial charge in [-0.2, -0.15) is 9.40 Å². The van der Waals surface area contributed by atoms with Gasteiger partial charge in [0.2, 0.25) is 5.91 Å². The summed E-state index contributed by atoms with van der Waals surface area (Å²) in [4.78, 5) is 22.5. The molecule has 1 saturated heterocycles. The maximum atomic E-state index is 13.0. The second-order valence-corrected chi connectivity index (χ2v) is 10.5. The Labute approximate surface area is 184 Å². The summed E-state index contributed by atoms with van der Waals surface area (Å²) in [5.74, 6) is 1.26. The Morgan fingerprint density at radius 1 is 1.13 bits per heavy atom. The first-order valence-corrected chi connectivity index (χ1v) is 12.0. The minimum absolute atomic E-state index is 0.149. The minimum Gasteiger partial charge on any atom is -0.354 e. The van der Waals surface area contributed by atoms with Crippen LogP contribution in [-0.2, 0) is 21.4 Å². The maximum Gasteiger partial charge on any atom is 0.252 e. The lowest BCUT2D eigenvalue weighted by molar-refractivity contribution is -0.119. The summed E-state index contributed by atoms with van der Waals surface area (Å²) < 4.78 is 29.5. The van der Waals surface area contributed by atoms with Gasteiger partial charge in [-0.3, -0.25) is 4.79 Å². The lowest BCUT2D eigenvalue weighted by Gasteiger charge is -2.34. The third kappa shape index (κ3) is 4.75. The van der Waals surface area contributed by atoms with Crippen LogP contribution in [0.25, 0.3) is 5.82 Å². The van der Waals surface area contributed by atoms with Gasteiger partial charge in [0.15, 0.2) is 5.82 Å². The molecule has 0 aromatic carbocycles. The zero-order valence-electron chi connectivity index (χ0n) is 17.2. The van der Waals surface area contributed by atoms with Gasteiger partial charge in [0.1, 0.15) is 16.4 Å². The molecule has 1 fully saturated rings. The van der Waals surface area contributed by atoms with Gasteiger partial charge in [-0.25, -0.2) is 23.1 Å². The van der Waals surface area contributed by atoms with E-state index in [-0.39, 0.29) is 5.91 Å². The number of nitrogens with one attached hydrogen (secondary N) is 1. The largest absolute Gasteiger partial charge is 0.354 e. The Bertz CT molecular complexity index is 1180. The number of sulfonamides is 1. The van der Waals surface area contributed by atoms with Crippen LogP contribution in [0, 0.1) is 6.92 Å². The summed E-state index contributed by atoms with van der Waals surface area (Å²) in [5.41, 5.74) is 0.896. The number of hydrogen-bond donors (Lipinski definition) is 1. The molecule has 1 N–H and O–H groups in total. The SMILES string of the molecule is CC(=O)NCc1ccc(S(=O)(=O)N2CCN(c3cc(-n4ccc(C)n4)ncn3)CC2)s1. The summed E-state index contributed by atoms with van der Waals surface area (Å²) >= 11 is 1.19. The van der Waals surface area contributed by atoms with E-state index in [1.54, 1.807) is 16.8 Å². The van der Waals surface area contributed by atoms with Crippen molar-refractivity contribution >= 4 is 33.1 Å². The number of aromatic nitrogens is 4. The van der Waals surface area contributed by atoms with Crippen molar-refractivity contribution < 1.29 is 13.2 Å². The fourth-order valence-corrected chi connectivity index (χ4v) is 6.14. The predicted molar refractivity (Wildman–Crippen MR) is 117 cm³/mol. The van der Waals surface area contributed by atoms with Crippen molar-refractivity contribution in [2.24, 2.45) is 0 Å². The number of carbonyl (C=O) groups excluding carboxylic acids is 1. The van der Waals surface area contributed by atoms with Crippen molar-refractivity contribution in [3.8, 4) is 5.82 Å². The van der Waals surface area contributed by atoms with Crippen molar-refractivity contribution in [2.45, 2.75) is 24.6 Å². The van der Waals surface area contributed by atoms with E-state index < -0.39 is 10.0 Å². The molecule has 3 aromatic rings. The highest BCUT2D eigenvalue weighted by Crippen LogP contribution is 2.26. The van der Waals surface area contributed by atoms with E-state index in [4.69, 9.17) is 0 Å². The van der Waals surface area contributed by atoms with Crippen LogP contribution in [0.1, 0.15) is 17.5 Å². The molecular weight excluding hydrogens is 438 g/mol. The molecule has 0 unspecified atom stereocenters. The van der Waals surface area contributed by atoms with Crippen LogP contribution in [0.3, 0.4) is 0 Å². The fourth-order valence-electron chi connectivity index (χ4n) is 3.27. The maximum absolute atomic E-state index is 13.0. The summed E-state index contributed by atoms with van der Waals surface area (Å²) in [5, 5.41) is 7.05. The third-order valence-corrected chi connectivity index (χ3v) is 8.35. The summed E-state index contributed by atoms with van der Waals surface area (Å²) in [6.45, 7) is 5.45. The zero-order chi connectivity index (χ0) is 22.0. The second kappa shape index (κ2) is 8.73. The van der Waals surface area contributed by atoms with Gasteiger partial charge < -0.3 is 10.2 Å². The number of anilines is 1. The summed E-state index contributed by atoms with van der Waals surface area (Å²) in [7, 11) is -3.57. The Kier molecular flexibility index (Phi) is 6.03. The molecule has 164 valence electrons. The van der Waals surface area contributed by atoms with Crippen molar-refractivity contribution in [1.82, 2.24) is 29.4 Å².